The van der Waals surface area contributed by atoms with E-state index in [2.05, 4.69) is 27.1 Å². The number of anilines is 1. The highest BCUT2D eigenvalue weighted by molar-refractivity contribution is 5.92. The van der Waals surface area contributed by atoms with Gasteiger partial charge in [-0.2, -0.15) is 0 Å². The third kappa shape index (κ3) is 4.57. The van der Waals surface area contributed by atoms with Crippen molar-refractivity contribution < 1.29 is 4.79 Å². The Morgan fingerprint density at radius 1 is 1.11 bits per heavy atom. The molecule has 3 heterocycles. The number of likely N-dealkylation sites (tertiary alicyclic amines) is 1. The van der Waals surface area contributed by atoms with Crippen molar-refractivity contribution >= 4 is 22.6 Å². The number of carbonyl (C=O) groups is 1. The number of amides is 2. The number of hydrogen-bond acceptors (Lipinski definition) is 4. The number of fused-ring (bicyclic) bond motifs is 1. The van der Waals surface area contributed by atoms with Crippen molar-refractivity contribution in [1.29, 1.82) is 0 Å². The maximum Gasteiger partial charge on any atom is 0.321 e. The molecule has 0 aliphatic carbocycles. The molecule has 1 N–H and O–H groups in total. The molecular formula is C21H29N5O. The Labute approximate surface area is 161 Å². The Morgan fingerprint density at radius 3 is 2.67 bits per heavy atom. The zero-order chi connectivity index (χ0) is 18.6. The number of pyridine rings is 1. The zero-order valence-corrected chi connectivity index (χ0v) is 16.1. The number of hydrogen-bond donors (Lipinski definition) is 1. The van der Waals surface area contributed by atoms with Crippen LogP contribution in [0.1, 0.15) is 12.8 Å². The highest BCUT2D eigenvalue weighted by Crippen LogP contribution is 2.19. The fourth-order valence-electron chi connectivity index (χ4n) is 4.10. The minimum Gasteiger partial charge on any atom is -0.322 e. The second-order valence-corrected chi connectivity index (χ2v) is 7.88. The van der Waals surface area contributed by atoms with Gasteiger partial charge in [-0.25, -0.2) is 4.79 Å². The number of urea groups is 1. The molecule has 2 amide bonds. The van der Waals surface area contributed by atoms with Crippen molar-refractivity contribution in [2.75, 3.05) is 58.2 Å². The first-order chi connectivity index (χ1) is 13.2. The Hall–Kier alpha value is -2.18. The van der Waals surface area contributed by atoms with Gasteiger partial charge in [0.15, 0.2) is 0 Å². The summed E-state index contributed by atoms with van der Waals surface area (Å²) in [4.78, 5) is 23.8. The molecule has 2 aromatic rings. The normalized spacial score (nSPS) is 20.1. The molecule has 144 valence electrons. The van der Waals surface area contributed by atoms with E-state index in [-0.39, 0.29) is 6.03 Å². The van der Waals surface area contributed by atoms with Crippen LogP contribution in [0.15, 0.2) is 36.5 Å². The Kier molecular flexibility index (Phi) is 5.55. The van der Waals surface area contributed by atoms with Crippen LogP contribution in [0.3, 0.4) is 0 Å². The molecule has 0 atom stereocenters. The molecule has 2 fully saturated rings. The largest absolute Gasteiger partial charge is 0.322 e. The lowest BCUT2D eigenvalue weighted by Crippen LogP contribution is -2.51. The van der Waals surface area contributed by atoms with Crippen molar-refractivity contribution in [2.45, 2.75) is 12.8 Å². The molecule has 0 spiro atoms. The fourth-order valence-corrected chi connectivity index (χ4v) is 4.10. The van der Waals surface area contributed by atoms with E-state index in [1.165, 1.54) is 32.5 Å². The summed E-state index contributed by atoms with van der Waals surface area (Å²) < 4.78 is 0. The Morgan fingerprint density at radius 2 is 1.89 bits per heavy atom. The summed E-state index contributed by atoms with van der Waals surface area (Å²) in [7, 11) is 2.21. The lowest BCUT2D eigenvalue weighted by molar-refractivity contribution is 0.113. The number of carbonyl (C=O) groups excluding carboxylic acids is 1. The van der Waals surface area contributed by atoms with E-state index in [0.29, 0.717) is 0 Å². The van der Waals surface area contributed by atoms with Gasteiger partial charge in [0.2, 0.25) is 0 Å². The number of piperazine rings is 1. The van der Waals surface area contributed by atoms with Gasteiger partial charge in [0.1, 0.15) is 0 Å². The second kappa shape index (κ2) is 8.23. The van der Waals surface area contributed by atoms with Crippen LogP contribution < -0.4 is 5.32 Å². The maximum atomic E-state index is 12.6. The minimum absolute atomic E-state index is 0.00261. The standard InChI is InChI=1S/C21H29N5O/c1-24-9-6-17(7-10-24)16-25-11-13-26(14-12-25)21(27)23-19-4-5-20-18(15-19)3-2-8-22-20/h2-5,8,15,17H,6-7,9-14,16H2,1H3,(H,23,27). The first kappa shape index (κ1) is 18.2. The molecule has 1 aromatic heterocycles. The molecule has 0 bridgehead atoms. The van der Waals surface area contributed by atoms with Crippen LogP contribution in [0.2, 0.25) is 0 Å². The number of benzene rings is 1. The summed E-state index contributed by atoms with van der Waals surface area (Å²) in [6, 6.07) is 9.78. The minimum atomic E-state index is -0.00261. The molecule has 0 saturated carbocycles. The summed E-state index contributed by atoms with van der Waals surface area (Å²) >= 11 is 0. The summed E-state index contributed by atoms with van der Waals surface area (Å²) in [5, 5.41) is 4.08. The SMILES string of the molecule is CN1CCC(CN2CCN(C(=O)Nc3ccc4ncccc4c3)CC2)CC1. The molecule has 6 nitrogen and oxygen atoms in total. The fraction of sp³-hybridized carbons (Fsp3) is 0.524. The molecule has 4 rings (SSSR count). The number of nitrogens with zero attached hydrogens (tertiary/aromatic N) is 4. The monoisotopic (exact) mass is 367 g/mol. The van der Waals surface area contributed by atoms with E-state index in [9.17, 15) is 4.79 Å². The summed E-state index contributed by atoms with van der Waals surface area (Å²) in [5.74, 6) is 0.813. The number of nitrogens with one attached hydrogen (secondary N) is 1. The first-order valence-electron chi connectivity index (χ1n) is 9.99. The summed E-state index contributed by atoms with van der Waals surface area (Å²) in [6.07, 6.45) is 4.38. The average Bonchev–Trinajstić information content (AvgIpc) is 2.70. The van der Waals surface area contributed by atoms with Gasteiger partial charge in [0.05, 0.1) is 5.52 Å². The van der Waals surface area contributed by atoms with Gasteiger partial charge in [-0.15, -0.1) is 0 Å². The third-order valence-electron chi connectivity index (χ3n) is 5.87. The first-order valence-corrected chi connectivity index (χ1v) is 9.99. The molecular weight excluding hydrogens is 338 g/mol. The van der Waals surface area contributed by atoms with Crippen LogP contribution >= 0.6 is 0 Å². The highest BCUT2D eigenvalue weighted by atomic mass is 16.2. The highest BCUT2D eigenvalue weighted by Gasteiger charge is 2.24. The molecule has 2 aliphatic heterocycles. The summed E-state index contributed by atoms with van der Waals surface area (Å²) in [5.41, 5.74) is 1.77. The average molecular weight is 367 g/mol. The third-order valence-corrected chi connectivity index (χ3v) is 5.87. The van der Waals surface area contributed by atoms with Gasteiger partial charge in [0.25, 0.3) is 0 Å². The lowest BCUT2D eigenvalue weighted by Gasteiger charge is -2.38. The van der Waals surface area contributed by atoms with E-state index >= 15 is 0 Å². The number of aromatic nitrogens is 1. The second-order valence-electron chi connectivity index (χ2n) is 7.88. The van der Waals surface area contributed by atoms with Crippen LogP contribution in [0.4, 0.5) is 10.5 Å². The molecule has 6 heteroatoms. The van der Waals surface area contributed by atoms with Crippen molar-refractivity contribution in [3.8, 4) is 0 Å². The van der Waals surface area contributed by atoms with E-state index < -0.39 is 0 Å². The molecule has 1 aromatic carbocycles. The summed E-state index contributed by atoms with van der Waals surface area (Å²) in [6.45, 7) is 7.16. The zero-order valence-electron chi connectivity index (χ0n) is 16.1. The van der Waals surface area contributed by atoms with Crippen molar-refractivity contribution in [3.63, 3.8) is 0 Å². The van der Waals surface area contributed by atoms with Crippen LogP contribution in [-0.4, -0.2) is 78.6 Å². The van der Waals surface area contributed by atoms with E-state index in [1.54, 1.807) is 6.20 Å². The predicted molar refractivity (Wildman–Crippen MR) is 109 cm³/mol. The topological polar surface area (TPSA) is 51.7 Å². The lowest BCUT2D eigenvalue weighted by atomic mass is 9.96. The number of piperidine rings is 1. The maximum absolute atomic E-state index is 12.6. The van der Waals surface area contributed by atoms with Gasteiger partial charge in [-0.1, -0.05) is 6.07 Å². The van der Waals surface area contributed by atoms with Gasteiger partial charge >= 0.3 is 6.03 Å². The van der Waals surface area contributed by atoms with Crippen LogP contribution in [-0.2, 0) is 0 Å². The van der Waals surface area contributed by atoms with Gasteiger partial charge in [0, 0.05) is 50.0 Å². The van der Waals surface area contributed by atoms with Gasteiger partial charge < -0.3 is 15.1 Å². The molecule has 0 radical (unpaired) electrons. The van der Waals surface area contributed by atoms with E-state index in [4.69, 9.17) is 0 Å². The van der Waals surface area contributed by atoms with Crippen LogP contribution in [0, 0.1) is 5.92 Å². The molecule has 0 unspecified atom stereocenters. The predicted octanol–water partition coefficient (Wildman–Crippen LogP) is 2.73. The molecule has 2 aliphatic rings. The quantitative estimate of drug-likeness (QED) is 0.906. The van der Waals surface area contributed by atoms with Gasteiger partial charge in [-0.05, 0) is 63.2 Å². The van der Waals surface area contributed by atoms with Crippen molar-refractivity contribution in [2.24, 2.45) is 5.92 Å². The molecule has 27 heavy (non-hydrogen) atoms. The number of rotatable bonds is 3. The Balaban J connectivity index is 1.26. The van der Waals surface area contributed by atoms with E-state index in [1.807, 2.05) is 35.2 Å². The molecule has 2 saturated heterocycles. The van der Waals surface area contributed by atoms with Crippen LogP contribution in [0.5, 0.6) is 0 Å². The van der Waals surface area contributed by atoms with E-state index in [0.717, 1.165) is 48.7 Å². The smallest absolute Gasteiger partial charge is 0.321 e. The van der Waals surface area contributed by atoms with Crippen molar-refractivity contribution in [1.82, 2.24) is 19.7 Å². The van der Waals surface area contributed by atoms with Crippen molar-refractivity contribution in [3.05, 3.63) is 36.5 Å². The van der Waals surface area contributed by atoms with Crippen LogP contribution in [0.25, 0.3) is 10.9 Å². The Bertz CT molecular complexity index is 779. The van der Waals surface area contributed by atoms with Gasteiger partial charge in [-0.3, -0.25) is 9.88 Å².